The van der Waals surface area contributed by atoms with Crippen LogP contribution in [-0.4, -0.2) is 44.9 Å². The number of fused-ring (bicyclic) bond motifs is 1. The number of furan rings is 1. The summed E-state index contributed by atoms with van der Waals surface area (Å²) in [5.74, 6) is -0.294. The quantitative estimate of drug-likeness (QED) is 0.652. The lowest BCUT2D eigenvalue weighted by Gasteiger charge is -2.26. The summed E-state index contributed by atoms with van der Waals surface area (Å²) in [6, 6.07) is 9.88. The highest BCUT2D eigenvalue weighted by atomic mass is 35.5. The van der Waals surface area contributed by atoms with Crippen LogP contribution in [-0.2, 0) is 14.8 Å². The molecule has 1 amide bonds. The van der Waals surface area contributed by atoms with Gasteiger partial charge in [0.25, 0.3) is 5.91 Å². The van der Waals surface area contributed by atoms with Crippen LogP contribution in [0.2, 0.25) is 5.02 Å². The van der Waals surface area contributed by atoms with Gasteiger partial charge < -0.3 is 14.5 Å². The Balaban J connectivity index is 1.67. The van der Waals surface area contributed by atoms with Crippen LogP contribution in [0.5, 0.6) is 0 Å². The van der Waals surface area contributed by atoms with Gasteiger partial charge in [0.2, 0.25) is 10.0 Å². The first-order valence-electron chi connectivity index (χ1n) is 9.46. The number of carbonyl (C=O) groups excluding carboxylic acids is 1. The molecule has 1 N–H and O–H groups in total. The molecule has 2 aromatic carbocycles. The van der Waals surface area contributed by atoms with E-state index < -0.39 is 15.9 Å². The number of anilines is 1. The average Bonchev–Trinajstić information content (AvgIpc) is 3.08. The van der Waals surface area contributed by atoms with E-state index in [1.807, 2.05) is 6.92 Å². The molecule has 0 bridgehead atoms. The number of morpholine rings is 1. The Kier molecular flexibility index (Phi) is 5.59. The second-order valence-corrected chi connectivity index (χ2v) is 9.44. The summed E-state index contributed by atoms with van der Waals surface area (Å²) in [6.07, 6.45) is 0. The highest BCUT2D eigenvalue weighted by Crippen LogP contribution is 2.30. The third-order valence-corrected chi connectivity index (χ3v) is 7.54. The van der Waals surface area contributed by atoms with E-state index in [0.29, 0.717) is 53.5 Å². The van der Waals surface area contributed by atoms with Crippen molar-refractivity contribution >= 4 is 44.2 Å². The van der Waals surface area contributed by atoms with Gasteiger partial charge in [0.15, 0.2) is 5.76 Å². The monoisotopic (exact) mass is 448 g/mol. The number of nitrogens with one attached hydrogen (secondary N) is 1. The Bertz CT molecular complexity index is 1230. The van der Waals surface area contributed by atoms with E-state index in [0.717, 1.165) is 5.56 Å². The van der Waals surface area contributed by atoms with Crippen LogP contribution in [0, 0.1) is 13.8 Å². The zero-order valence-electron chi connectivity index (χ0n) is 16.6. The van der Waals surface area contributed by atoms with Crippen LogP contribution in [0.3, 0.4) is 0 Å². The number of carbonyl (C=O) groups is 1. The first-order valence-corrected chi connectivity index (χ1v) is 11.3. The third-order valence-electron chi connectivity index (χ3n) is 5.24. The Morgan fingerprint density at radius 2 is 1.83 bits per heavy atom. The topological polar surface area (TPSA) is 88.8 Å². The number of sulfonamides is 1. The van der Waals surface area contributed by atoms with Crippen molar-refractivity contribution in [1.29, 1.82) is 0 Å². The average molecular weight is 449 g/mol. The second-order valence-electron chi connectivity index (χ2n) is 7.10. The van der Waals surface area contributed by atoms with Crippen LogP contribution in [0.15, 0.2) is 45.7 Å². The number of hydrogen-bond acceptors (Lipinski definition) is 5. The first kappa shape index (κ1) is 20.9. The maximum atomic E-state index is 12.9. The predicted octanol–water partition coefficient (Wildman–Crippen LogP) is 3.98. The Hall–Kier alpha value is -2.39. The second kappa shape index (κ2) is 8.03. The molecular formula is C21H21ClN2O5S. The summed E-state index contributed by atoms with van der Waals surface area (Å²) in [7, 11) is -3.64. The molecule has 158 valence electrons. The molecule has 0 atom stereocenters. The van der Waals surface area contributed by atoms with Crippen LogP contribution in [0.1, 0.15) is 21.7 Å². The molecule has 0 aliphatic carbocycles. The molecule has 1 aliphatic heterocycles. The fraction of sp³-hybridized carbons (Fsp3) is 0.286. The van der Waals surface area contributed by atoms with Gasteiger partial charge in [0.1, 0.15) is 5.58 Å². The van der Waals surface area contributed by atoms with E-state index in [2.05, 4.69) is 5.32 Å². The molecule has 7 nitrogen and oxygen atoms in total. The molecule has 1 saturated heterocycles. The minimum Gasteiger partial charge on any atom is -0.451 e. The van der Waals surface area contributed by atoms with Crippen LogP contribution >= 0.6 is 11.6 Å². The van der Waals surface area contributed by atoms with E-state index in [-0.39, 0.29) is 10.7 Å². The SMILES string of the molecule is Cc1c(Cl)cccc1NC(=O)c1oc2ccc(S(=O)(=O)N3CCOCC3)cc2c1C. The highest BCUT2D eigenvalue weighted by Gasteiger charge is 2.27. The molecule has 0 saturated carbocycles. The summed E-state index contributed by atoms with van der Waals surface area (Å²) in [5, 5.41) is 3.94. The fourth-order valence-electron chi connectivity index (χ4n) is 3.44. The molecule has 4 rings (SSSR count). The molecule has 3 aromatic rings. The number of benzene rings is 2. The lowest BCUT2D eigenvalue weighted by atomic mass is 10.1. The van der Waals surface area contributed by atoms with Gasteiger partial charge in [0.05, 0.1) is 18.1 Å². The molecule has 2 heterocycles. The lowest BCUT2D eigenvalue weighted by molar-refractivity contribution is 0.0730. The fourth-order valence-corrected chi connectivity index (χ4v) is 5.04. The van der Waals surface area contributed by atoms with Gasteiger partial charge in [-0.2, -0.15) is 4.31 Å². The van der Waals surface area contributed by atoms with Gasteiger partial charge in [-0.3, -0.25) is 4.79 Å². The van der Waals surface area contributed by atoms with Crippen molar-refractivity contribution in [2.75, 3.05) is 31.6 Å². The summed E-state index contributed by atoms with van der Waals surface area (Å²) in [6.45, 7) is 4.93. The van der Waals surface area contributed by atoms with Gasteiger partial charge in [-0.05, 0) is 49.7 Å². The zero-order chi connectivity index (χ0) is 21.5. The molecule has 0 spiro atoms. The van der Waals surface area contributed by atoms with Crippen LogP contribution in [0.25, 0.3) is 11.0 Å². The van der Waals surface area contributed by atoms with E-state index in [9.17, 15) is 13.2 Å². The molecule has 9 heteroatoms. The van der Waals surface area contributed by atoms with Crippen molar-refractivity contribution < 1.29 is 22.4 Å². The number of amides is 1. The zero-order valence-corrected chi connectivity index (χ0v) is 18.1. The Morgan fingerprint density at radius 1 is 1.10 bits per heavy atom. The van der Waals surface area contributed by atoms with Gasteiger partial charge in [-0.1, -0.05) is 17.7 Å². The Labute approximate surface area is 179 Å². The van der Waals surface area contributed by atoms with Gasteiger partial charge >= 0.3 is 0 Å². The Morgan fingerprint density at radius 3 is 2.57 bits per heavy atom. The summed E-state index contributed by atoms with van der Waals surface area (Å²) >= 11 is 6.12. The van der Waals surface area contributed by atoms with Crippen molar-refractivity contribution in [3.05, 3.63) is 58.3 Å². The smallest absolute Gasteiger partial charge is 0.291 e. The normalized spacial score (nSPS) is 15.4. The summed E-state index contributed by atoms with van der Waals surface area (Å²) < 4.78 is 38.3. The maximum Gasteiger partial charge on any atom is 0.291 e. The summed E-state index contributed by atoms with van der Waals surface area (Å²) in [5.41, 5.74) is 2.35. The van der Waals surface area contributed by atoms with Crippen LogP contribution in [0.4, 0.5) is 5.69 Å². The molecule has 0 radical (unpaired) electrons. The molecule has 1 aromatic heterocycles. The van der Waals surface area contributed by atoms with E-state index in [1.54, 1.807) is 37.3 Å². The van der Waals surface area contributed by atoms with Crippen molar-refractivity contribution in [3.8, 4) is 0 Å². The number of ether oxygens (including phenoxy) is 1. The van der Waals surface area contributed by atoms with Crippen molar-refractivity contribution in [3.63, 3.8) is 0 Å². The summed E-state index contributed by atoms with van der Waals surface area (Å²) in [4.78, 5) is 13.0. The molecule has 1 fully saturated rings. The first-order chi connectivity index (χ1) is 14.3. The van der Waals surface area contributed by atoms with Crippen LogP contribution < -0.4 is 5.32 Å². The lowest BCUT2D eigenvalue weighted by Crippen LogP contribution is -2.40. The van der Waals surface area contributed by atoms with E-state index in [1.165, 1.54) is 10.4 Å². The largest absolute Gasteiger partial charge is 0.451 e. The van der Waals surface area contributed by atoms with Gasteiger partial charge in [-0.15, -0.1) is 0 Å². The van der Waals surface area contributed by atoms with Gasteiger partial charge in [-0.25, -0.2) is 8.42 Å². The number of aryl methyl sites for hydroxylation is 1. The van der Waals surface area contributed by atoms with Crippen molar-refractivity contribution in [1.82, 2.24) is 4.31 Å². The van der Waals surface area contributed by atoms with E-state index >= 15 is 0 Å². The number of nitrogens with zero attached hydrogens (tertiary/aromatic N) is 1. The standard InChI is InChI=1S/C21H21ClN2O5S/c1-13-16-12-15(30(26,27)24-8-10-28-11-9-24)6-7-19(16)29-20(13)21(25)23-18-5-3-4-17(22)14(18)2/h3-7,12H,8-11H2,1-2H3,(H,23,25). The molecule has 1 aliphatic rings. The van der Waals surface area contributed by atoms with E-state index in [4.69, 9.17) is 20.8 Å². The van der Waals surface area contributed by atoms with Gasteiger partial charge in [0, 0.05) is 34.7 Å². The number of hydrogen-bond donors (Lipinski definition) is 1. The maximum absolute atomic E-state index is 12.9. The van der Waals surface area contributed by atoms with Crippen molar-refractivity contribution in [2.45, 2.75) is 18.7 Å². The minimum atomic E-state index is -3.64. The number of halogens is 1. The predicted molar refractivity (Wildman–Crippen MR) is 115 cm³/mol. The minimum absolute atomic E-state index is 0.130. The molecule has 0 unspecified atom stereocenters. The number of rotatable bonds is 4. The molecular weight excluding hydrogens is 428 g/mol. The molecule has 30 heavy (non-hydrogen) atoms. The van der Waals surface area contributed by atoms with Crippen molar-refractivity contribution in [2.24, 2.45) is 0 Å². The highest BCUT2D eigenvalue weighted by molar-refractivity contribution is 7.89. The third kappa shape index (κ3) is 3.72.